The first-order chi connectivity index (χ1) is 11.1. The van der Waals surface area contributed by atoms with Gasteiger partial charge in [0.05, 0.1) is 0 Å². The van der Waals surface area contributed by atoms with Crippen LogP contribution in [0.25, 0.3) is 0 Å². The second-order valence-electron chi connectivity index (χ2n) is 6.97. The average molecular weight is 345 g/mol. The lowest BCUT2D eigenvalue weighted by Crippen LogP contribution is -1.87. The van der Waals surface area contributed by atoms with Crippen LogP contribution >= 0.6 is 7.37 Å². The number of hydrogen-bond acceptors (Lipinski definition) is 1. The Morgan fingerprint density at radius 2 is 1.00 bits per heavy atom. The molecule has 0 rings (SSSR count). The third-order valence-corrected chi connectivity index (χ3v) is 6.14. The molecule has 0 aliphatic rings. The van der Waals surface area contributed by atoms with Crippen molar-refractivity contribution in [1.29, 1.82) is 0 Å². The van der Waals surface area contributed by atoms with E-state index < -0.39 is 7.37 Å². The fraction of sp³-hybridized carbons (Fsp3) is 0.900. The van der Waals surface area contributed by atoms with Crippen molar-refractivity contribution in [3.05, 3.63) is 12.4 Å². The fourth-order valence-corrected chi connectivity index (χ4v) is 3.84. The molecule has 0 spiro atoms. The molecule has 0 fully saturated rings. The van der Waals surface area contributed by atoms with Crippen molar-refractivity contribution >= 4 is 7.37 Å². The van der Waals surface area contributed by atoms with Crippen LogP contribution in [0.3, 0.4) is 0 Å². The van der Waals surface area contributed by atoms with Crippen LogP contribution < -0.4 is 0 Å². The largest absolute Gasteiger partial charge is 0.341 e. The van der Waals surface area contributed by atoms with E-state index in [1.54, 1.807) is 0 Å². The van der Waals surface area contributed by atoms with E-state index in [1.165, 1.54) is 95.7 Å². The van der Waals surface area contributed by atoms with E-state index in [0.717, 1.165) is 12.8 Å². The Morgan fingerprint density at radius 1 is 0.696 bits per heavy atom. The molecule has 0 aliphatic carbocycles. The van der Waals surface area contributed by atoms with E-state index >= 15 is 0 Å². The summed E-state index contributed by atoms with van der Waals surface area (Å²) in [5.41, 5.74) is 0. The Balaban J connectivity index is 3.08. The monoisotopic (exact) mass is 344 g/mol. The maximum atomic E-state index is 11.4. The van der Waals surface area contributed by atoms with Crippen LogP contribution in [0.2, 0.25) is 0 Å². The summed E-state index contributed by atoms with van der Waals surface area (Å²) in [5, 5.41) is 0. The summed E-state index contributed by atoms with van der Waals surface area (Å²) in [7, 11) is -3.00. The van der Waals surface area contributed by atoms with Gasteiger partial charge >= 0.3 is 0 Å². The van der Waals surface area contributed by atoms with Crippen LogP contribution in [-0.2, 0) is 4.57 Å². The first-order valence-electron chi connectivity index (χ1n) is 10.1. The highest BCUT2D eigenvalue weighted by Crippen LogP contribution is 2.42. The van der Waals surface area contributed by atoms with Gasteiger partial charge in [-0.3, -0.25) is 4.57 Å². The molecule has 0 heterocycles. The van der Waals surface area contributed by atoms with Gasteiger partial charge in [-0.25, -0.2) is 0 Å². The van der Waals surface area contributed by atoms with Gasteiger partial charge in [-0.1, -0.05) is 110 Å². The van der Waals surface area contributed by atoms with Crippen LogP contribution in [-0.4, -0.2) is 11.1 Å². The second kappa shape index (κ2) is 16.8. The molecule has 0 aromatic heterocycles. The minimum absolute atomic E-state index is 0.412. The lowest BCUT2D eigenvalue weighted by Gasteiger charge is -2.06. The van der Waals surface area contributed by atoms with Crippen LogP contribution in [0.4, 0.5) is 0 Å². The summed E-state index contributed by atoms with van der Waals surface area (Å²) in [6.45, 7) is 5.69. The minimum atomic E-state index is -3.00. The zero-order valence-corrected chi connectivity index (χ0v) is 16.5. The van der Waals surface area contributed by atoms with E-state index in [4.69, 9.17) is 0 Å². The molecule has 3 heteroatoms. The van der Waals surface area contributed by atoms with Crippen LogP contribution in [0.5, 0.6) is 0 Å². The van der Waals surface area contributed by atoms with Crippen molar-refractivity contribution < 1.29 is 9.46 Å². The molecule has 0 aromatic carbocycles. The highest BCUT2D eigenvalue weighted by atomic mass is 31.2. The Hall–Kier alpha value is -0.0700. The SMILES string of the molecule is C=CP(=O)(O)CCCCCCCCCCCCCCCCCC. The Bertz CT molecular complexity index is 302. The first kappa shape index (κ1) is 22.9. The number of unbranched alkanes of at least 4 members (excludes halogenated alkanes) is 15. The molecular formula is C20H41O2P. The standard InChI is InChI=1S/C20H41O2P/c1-3-5-6-7-8-9-10-11-12-13-14-15-16-17-18-19-20-23(21,22)4-2/h4H,2-3,5-20H2,1H3,(H,21,22). The van der Waals surface area contributed by atoms with Crippen molar-refractivity contribution in [3.8, 4) is 0 Å². The molecule has 23 heavy (non-hydrogen) atoms. The van der Waals surface area contributed by atoms with E-state index in [0.29, 0.717) is 6.16 Å². The van der Waals surface area contributed by atoms with Gasteiger partial charge in [-0.15, -0.1) is 0 Å². The smallest absolute Gasteiger partial charge is 0.222 e. The summed E-state index contributed by atoms with van der Waals surface area (Å²) in [6, 6.07) is 0. The third kappa shape index (κ3) is 18.1. The Kier molecular flexibility index (Phi) is 16.7. The number of rotatable bonds is 18. The van der Waals surface area contributed by atoms with E-state index in [2.05, 4.69) is 13.5 Å². The van der Waals surface area contributed by atoms with Gasteiger partial charge in [0.15, 0.2) is 0 Å². The maximum Gasteiger partial charge on any atom is 0.222 e. The van der Waals surface area contributed by atoms with Gasteiger partial charge in [-0.05, 0) is 12.2 Å². The quantitative estimate of drug-likeness (QED) is 0.205. The predicted octanol–water partition coefficient (Wildman–Crippen LogP) is 7.66. The molecule has 0 saturated carbocycles. The van der Waals surface area contributed by atoms with Gasteiger partial charge < -0.3 is 4.89 Å². The zero-order chi connectivity index (χ0) is 17.2. The van der Waals surface area contributed by atoms with Gasteiger partial charge in [0.1, 0.15) is 0 Å². The minimum Gasteiger partial charge on any atom is -0.341 e. The molecule has 0 radical (unpaired) electrons. The van der Waals surface area contributed by atoms with Crippen molar-refractivity contribution in [2.45, 2.75) is 110 Å². The molecule has 0 aliphatic heterocycles. The molecule has 0 amide bonds. The normalized spacial score (nSPS) is 13.8. The highest BCUT2D eigenvalue weighted by molar-refractivity contribution is 7.61. The lowest BCUT2D eigenvalue weighted by atomic mass is 10.0. The summed E-state index contributed by atoms with van der Waals surface area (Å²) in [4.78, 5) is 9.38. The molecule has 1 unspecified atom stereocenters. The molecule has 1 N–H and O–H groups in total. The Morgan fingerprint density at radius 3 is 1.30 bits per heavy atom. The Labute approximate surface area is 145 Å². The second-order valence-corrected chi connectivity index (χ2v) is 9.29. The van der Waals surface area contributed by atoms with Gasteiger partial charge in [0.2, 0.25) is 7.37 Å². The molecule has 1 atom stereocenters. The first-order valence-corrected chi connectivity index (χ1v) is 12.0. The molecule has 0 aromatic rings. The average Bonchev–Trinajstić information content (AvgIpc) is 2.54. The molecule has 138 valence electrons. The maximum absolute atomic E-state index is 11.4. The summed E-state index contributed by atoms with van der Waals surface area (Å²) < 4.78 is 11.4. The van der Waals surface area contributed by atoms with E-state index in [9.17, 15) is 9.46 Å². The van der Waals surface area contributed by atoms with E-state index in [-0.39, 0.29) is 0 Å². The van der Waals surface area contributed by atoms with Crippen molar-refractivity contribution in [1.82, 2.24) is 0 Å². The van der Waals surface area contributed by atoms with E-state index in [1.807, 2.05) is 0 Å². The van der Waals surface area contributed by atoms with Crippen molar-refractivity contribution in [2.24, 2.45) is 0 Å². The van der Waals surface area contributed by atoms with Gasteiger partial charge in [0, 0.05) is 6.16 Å². The fourth-order valence-electron chi connectivity index (χ4n) is 2.98. The molecule has 2 nitrogen and oxygen atoms in total. The van der Waals surface area contributed by atoms with Crippen LogP contribution in [0.15, 0.2) is 12.4 Å². The van der Waals surface area contributed by atoms with Gasteiger partial charge in [0.25, 0.3) is 0 Å². The lowest BCUT2D eigenvalue weighted by molar-refractivity contribution is 0.484. The molecule has 0 bridgehead atoms. The van der Waals surface area contributed by atoms with Crippen LogP contribution in [0.1, 0.15) is 110 Å². The third-order valence-electron chi connectivity index (χ3n) is 4.62. The number of hydrogen-bond donors (Lipinski definition) is 1. The van der Waals surface area contributed by atoms with Crippen LogP contribution in [0, 0.1) is 0 Å². The van der Waals surface area contributed by atoms with Gasteiger partial charge in [-0.2, -0.15) is 0 Å². The molecule has 0 saturated heterocycles. The summed E-state index contributed by atoms with van der Waals surface area (Å²) >= 11 is 0. The predicted molar refractivity (Wildman–Crippen MR) is 104 cm³/mol. The van der Waals surface area contributed by atoms with Crippen molar-refractivity contribution in [2.75, 3.05) is 6.16 Å². The topological polar surface area (TPSA) is 37.3 Å². The van der Waals surface area contributed by atoms with Crippen molar-refractivity contribution in [3.63, 3.8) is 0 Å². The highest BCUT2D eigenvalue weighted by Gasteiger charge is 2.10. The zero-order valence-electron chi connectivity index (χ0n) is 15.6. The summed E-state index contributed by atoms with van der Waals surface area (Å²) in [5.74, 6) is 1.22. The molecular weight excluding hydrogens is 303 g/mol. The summed E-state index contributed by atoms with van der Waals surface area (Å²) in [6.07, 6.45) is 21.7.